The Labute approximate surface area is 263 Å². The van der Waals surface area contributed by atoms with Gasteiger partial charge in [-0.25, -0.2) is 13.9 Å². The predicted molar refractivity (Wildman–Crippen MR) is 168 cm³/mol. The van der Waals surface area contributed by atoms with E-state index in [0.29, 0.717) is 18.0 Å². The largest absolute Gasteiger partial charge is 0.488 e. The number of ether oxygens (including phenoxy) is 1. The number of carbonyl (C=O) groups is 2. The number of aliphatic carboxylic acids is 1. The van der Waals surface area contributed by atoms with Gasteiger partial charge in [0, 0.05) is 30.7 Å². The van der Waals surface area contributed by atoms with Gasteiger partial charge >= 0.3 is 5.97 Å². The number of likely N-dealkylation sites (tertiary alicyclic amines) is 1. The molecule has 232 valence electrons. The minimum absolute atomic E-state index is 0.0784. The van der Waals surface area contributed by atoms with Crippen LogP contribution in [0.3, 0.4) is 0 Å². The summed E-state index contributed by atoms with van der Waals surface area (Å²) in [4.78, 5) is 26.9. The summed E-state index contributed by atoms with van der Waals surface area (Å²) in [6.45, 7) is 1.59. The number of amides is 1. The number of hydrogen-bond acceptors (Lipinski definition) is 6. The van der Waals surface area contributed by atoms with Crippen molar-refractivity contribution in [2.45, 2.75) is 44.4 Å². The van der Waals surface area contributed by atoms with Crippen LogP contribution < -0.4 is 10.5 Å². The Morgan fingerprint density at radius 3 is 2.71 bits per heavy atom. The number of carboxylic acids is 1. The number of carboxylic acid groups (broad SMARTS) is 1. The number of halogens is 2. The van der Waals surface area contributed by atoms with Crippen molar-refractivity contribution in [1.82, 2.24) is 24.5 Å². The van der Waals surface area contributed by atoms with Gasteiger partial charge in [-0.1, -0.05) is 42.3 Å². The number of aryl methyl sites for hydroxylation is 1. The maximum Gasteiger partial charge on any atom is 0.326 e. The normalized spacial score (nSPS) is 16.4. The molecule has 0 unspecified atom stereocenters. The first-order valence-corrected chi connectivity index (χ1v) is 15.2. The van der Waals surface area contributed by atoms with Gasteiger partial charge in [0.25, 0.3) is 5.91 Å². The van der Waals surface area contributed by atoms with Gasteiger partial charge in [0.15, 0.2) is 0 Å². The monoisotopic (exact) mass is 630 g/mol. The van der Waals surface area contributed by atoms with Crippen LogP contribution in [0, 0.1) is 5.82 Å². The molecule has 1 saturated heterocycles. The van der Waals surface area contributed by atoms with Crippen LogP contribution in [-0.4, -0.2) is 66.7 Å². The molecule has 0 aliphatic carbocycles. The van der Waals surface area contributed by atoms with Crippen molar-refractivity contribution in [1.29, 1.82) is 0 Å². The Morgan fingerprint density at radius 2 is 1.91 bits per heavy atom. The molecule has 0 bridgehead atoms. The summed E-state index contributed by atoms with van der Waals surface area (Å²) >= 11 is 6.15. The van der Waals surface area contributed by atoms with Gasteiger partial charge in [0.2, 0.25) is 0 Å². The van der Waals surface area contributed by atoms with E-state index in [1.54, 1.807) is 0 Å². The van der Waals surface area contributed by atoms with Crippen LogP contribution in [0.1, 0.15) is 36.0 Å². The van der Waals surface area contributed by atoms with Crippen molar-refractivity contribution < 1.29 is 23.8 Å². The van der Waals surface area contributed by atoms with Crippen molar-refractivity contribution in [2.75, 3.05) is 13.1 Å². The standard InChI is InChI=1S/C33H32ClFN6O4/c34-28-15-23(35)10-11-30(28)41-18-22(17-37-41)32(42)40-19-25(16-31(40)33(43)44)45-24-7-4-6-21(14-24)26-8-5-9-29-27(26)20-39(38-29)13-3-1-2-12-36/h4-11,14-15,17-18,20,25,31H,1-3,12-13,16,19,36H2,(H,43,44)/t25-,31-/m0/s1. The molecular formula is C33H32ClFN6O4. The van der Waals surface area contributed by atoms with E-state index < -0.39 is 29.8 Å². The molecule has 0 saturated carbocycles. The molecule has 1 aliphatic rings. The van der Waals surface area contributed by atoms with Gasteiger partial charge in [-0.2, -0.15) is 10.2 Å². The lowest BCUT2D eigenvalue weighted by molar-refractivity contribution is -0.141. The molecule has 1 fully saturated rings. The molecule has 0 spiro atoms. The Balaban J connectivity index is 1.18. The van der Waals surface area contributed by atoms with E-state index in [2.05, 4.69) is 11.3 Å². The molecule has 3 N–H and O–H groups in total. The summed E-state index contributed by atoms with van der Waals surface area (Å²) in [5.74, 6) is -1.55. The number of rotatable bonds is 11. The lowest BCUT2D eigenvalue weighted by Gasteiger charge is -2.20. The Kier molecular flexibility index (Phi) is 8.81. The molecule has 0 radical (unpaired) electrons. The summed E-state index contributed by atoms with van der Waals surface area (Å²) in [6, 6.07) is 16.4. The van der Waals surface area contributed by atoms with Gasteiger partial charge in [0.1, 0.15) is 23.7 Å². The zero-order valence-corrected chi connectivity index (χ0v) is 25.1. The minimum atomic E-state index is -1.12. The average Bonchev–Trinajstić information content (AvgIpc) is 3.78. The number of carbonyl (C=O) groups excluding carboxylic acids is 1. The van der Waals surface area contributed by atoms with E-state index in [0.717, 1.165) is 53.9 Å². The predicted octanol–water partition coefficient (Wildman–Crippen LogP) is 5.56. The molecule has 2 aromatic heterocycles. The highest BCUT2D eigenvalue weighted by molar-refractivity contribution is 6.32. The maximum absolute atomic E-state index is 13.5. The fourth-order valence-electron chi connectivity index (χ4n) is 5.72. The fourth-order valence-corrected chi connectivity index (χ4v) is 5.98. The zero-order valence-electron chi connectivity index (χ0n) is 24.4. The zero-order chi connectivity index (χ0) is 31.5. The molecule has 2 atom stereocenters. The van der Waals surface area contributed by atoms with Gasteiger partial charge in [-0.05, 0) is 66.9 Å². The third-order valence-corrected chi connectivity index (χ3v) is 8.23. The van der Waals surface area contributed by atoms with Gasteiger partial charge < -0.3 is 20.5 Å². The van der Waals surface area contributed by atoms with E-state index in [4.69, 9.17) is 27.2 Å². The molecule has 1 amide bonds. The number of unbranched alkanes of at least 4 members (excludes halogenated alkanes) is 2. The third kappa shape index (κ3) is 6.54. The van der Waals surface area contributed by atoms with Crippen LogP contribution in [0.2, 0.25) is 5.02 Å². The Bertz CT molecular complexity index is 1860. The first-order chi connectivity index (χ1) is 21.8. The average molecular weight is 631 g/mol. The van der Waals surface area contributed by atoms with Crippen LogP contribution in [-0.2, 0) is 11.3 Å². The molecule has 45 heavy (non-hydrogen) atoms. The quantitative estimate of drug-likeness (QED) is 0.183. The third-order valence-electron chi connectivity index (χ3n) is 7.93. The van der Waals surface area contributed by atoms with Crippen LogP contribution in [0.15, 0.2) is 79.3 Å². The topological polar surface area (TPSA) is 128 Å². The Hall–Kier alpha value is -4.74. The molecule has 12 heteroatoms. The summed E-state index contributed by atoms with van der Waals surface area (Å²) in [6.07, 6.45) is 7.48. The Morgan fingerprint density at radius 1 is 1.07 bits per heavy atom. The maximum atomic E-state index is 13.5. The first kappa shape index (κ1) is 30.3. The molecule has 5 aromatic rings. The molecule has 1 aliphatic heterocycles. The van der Waals surface area contributed by atoms with Crippen LogP contribution in [0.5, 0.6) is 5.75 Å². The van der Waals surface area contributed by atoms with Crippen molar-refractivity contribution in [3.05, 3.63) is 95.7 Å². The van der Waals surface area contributed by atoms with Crippen LogP contribution in [0.25, 0.3) is 27.7 Å². The second-order valence-electron chi connectivity index (χ2n) is 11.1. The number of nitrogens with two attached hydrogens (primary N) is 1. The molecular weight excluding hydrogens is 599 g/mol. The molecule has 3 aromatic carbocycles. The number of nitrogens with zero attached hydrogens (tertiary/aromatic N) is 5. The highest BCUT2D eigenvalue weighted by Gasteiger charge is 2.41. The lowest BCUT2D eigenvalue weighted by atomic mass is 10.0. The van der Waals surface area contributed by atoms with Gasteiger partial charge in [-0.15, -0.1) is 0 Å². The number of fused-ring (bicyclic) bond motifs is 1. The van der Waals surface area contributed by atoms with E-state index in [9.17, 15) is 19.1 Å². The van der Waals surface area contributed by atoms with Crippen molar-refractivity contribution in [3.8, 4) is 22.6 Å². The number of benzene rings is 3. The van der Waals surface area contributed by atoms with Crippen molar-refractivity contribution >= 4 is 34.4 Å². The van der Waals surface area contributed by atoms with Gasteiger partial charge in [-0.3, -0.25) is 9.48 Å². The smallest absolute Gasteiger partial charge is 0.326 e. The van der Waals surface area contributed by atoms with E-state index in [1.807, 2.05) is 47.1 Å². The SMILES string of the molecule is NCCCCCn1cc2c(-c3cccc(O[C@H]4C[C@@H](C(=O)O)N(C(=O)c5cnn(-c6ccc(F)cc6Cl)c5)C4)c3)cccc2n1. The summed E-state index contributed by atoms with van der Waals surface area (Å²) in [5.41, 5.74) is 9.03. The summed E-state index contributed by atoms with van der Waals surface area (Å²) < 4.78 is 23.1. The lowest BCUT2D eigenvalue weighted by Crippen LogP contribution is -2.40. The molecule has 6 rings (SSSR count). The number of hydrogen-bond donors (Lipinski definition) is 2. The second-order valence-corrected chi connectivity index (χ2v) is 11.5. The van der Waals surface area contributed by atoms with Crippen LogP contribution in [0.4, 0.5) is 4.39 Å². The second kappa shape index (κ2) is 13.1. The fraction of sp³-hybridized carbons (Fsp3) is 0.273. The van der Waals surface area contributed by atoms with Crippen LogP contribution >= 0.6 is 11.6 Å². The summed E-state index contributed by atoms with van der Waals surface area (Å²) in [7, 11) is 0. The van der Waals surface area contributed by atoms with Gasteiger partial charge in [0.05, 0.1) is 34.5 Å². The number of aromatic nitrogens is 4. The molecule has 10 nitrogen and oxygen atoms in total. The minimum Gasteiger partial charge on any atom is -0.488 e. The highest BCUT2D eigenvalue weighted by Crippen LogP contribution is 2.32. The van der Waals surface area contributed by atoms with Crippen molar-refractivity contribution in [2.24, 2.45) is 5.73 Å². The summed E-state index contributed by atoms with van der Waals surface area (Å²) in [5, 5.41) is 20.0. The van der Waals surface area contributed by atoms with E-state index in [-0.39, 0.29) is 23.6 Å². The molecule has 3 heterocycles. The highest BCUT2D eigenvalue weighted by atomic mass is 35.5. The first-order valence-electron chi connectivity index (χ1n) is 14.8. The van der Waals surface area contributed by atoms with E-state index in [1.165, 1.54) is 34.1 Å². The van der Waals surface area contributed by atoms with E-state index >= 15 is 0 Å². The van der Waals surface area contributed by atoms with Crippen molar-refractivity contribution in [3.63, 3.8) is 0 Å².